The highest BCUT2D eigenvalue weighted by Crippen LogP contribution is 2.37. The molecule has 0 spiro atoms. The molecule has 1 aliphatic rings. The first kappa shape index (κ1) is 23.0. The zero-order valence-electron chi connectivity index (χ0n) is 17.0. The van der Waals surface area contributed by atoms with Crippen LogP contribution < -0.4 is 15.1 Å². The summed E-state index contributed by atoms with van der Waals surface area (Å²) in [6.45, 7) is 12.4. The molecule has 0 unspecified atom stereocenters. The van der Waals surface area contributed by atoms with Crippen LogP contribution in [-0.4, -0.2) is 37.9 Å². The fourth-order valence-corrected chi connectivity index (χ4v) is 3.84. The first-order valence-electron chi connectivity index (χ1n) is 8.82. The van der Waals surface area contributed by atoms with Crippen molar-refractivity contribution in [2.45, 2.75) is 26.3 Å². The van der Waals surface area contributed by atoms with Gasteiger partial charge in [0.1, 0.15) is 11.4 Å². The summed E-state index contributed by atoms with van der Waals surface area (Å²) in [7, 11) is 1.42. The molecule has 151 valence electrons. The molecule has 2 aromatic carbocycles. The van der Waals surface area contributed by atoms with Crippen LogP contribution in [0.3, 0.4) is 0 Å². The Labute approximate surface area is 182 Å². The Morgan fingerprint density at radius 3 is 2.37 bits per heavy atom. The number of amides is 2. The maximum absolute atomic E-state index is 14.5. The SMILES string of the molecule is [B].[C-]#[N+]c1ccc(N2C(=O)C(C)(C)N(c3ccc(C(=O)NC)c(F)c3)C2=S)cc1C. The van der Waals surface area contributed by atoms with Gasteiger partial charge in [-0.05, 0) is 68.9 Å². The average Bonchev–Trinajstić information content (AvgIpc) is 2.85. The molecule has 9 heteroatoms. The number of carbonyl (C=O) groups excluding carboxylic acids is 2. The minimum absolute atomic E-state index is 0. The summed E-state index contributed by atoms with van der Waals surface area (Å²) in [6, 6.07) is 9.16. The van der Waals surface area contributed by atoms with Crippen molar-refractivity contribution in [1.82, 2.24) is 5.32 Å². The van der Waals surface area contributed by atoms with Gasteiger partial charge in [-0.25, -0.2) is 9.24 Å². The predicted octanol–water partition coefficient (Wildman–Crippen LogP) is 3.58. The van der Waals surface area contributed by atoms with Crippen LogP contribution in [0.15, 0.2) is 36.4 Å². The van der Waals surface area contributed by atoms with Gasteiger partial charge in [0.2, 0.25) is 0 Å². The van der Waals surface area contributed by atoms with Gasteiger partial charge in [0.15, 0.2) is 10.8 Å². The van der Waals surface area contributed by atoms with Gasteiger partial charge in [-0.1, -0.05) is 6.07 Å². The van der Waals surface area contributed by atoms with Crippen molar-refractivity contribution in [2.75, 3.05) is 16.8 Å². The monoisotopic (exact) mass is 421 g/mol. The van der Waals surface area contributed by atoms with E-state index < -0.39 is 17.3 Å². The minimum atomic E-state index is -1.07. The molecule has 0 atom stereocenters. The number of aryl methyl sites for hydroxylation is 1. The van der Waals surface area contributed by atoms with E-state index in [0.717, 1.165) is 5.56 Å². The summed E-state index contributed by atoms with van der Waals surface area (Å²) < 4.78 is 14.5. The molecule has 3 rings (SSSR count). The van der Waals surface area contributed by atoms with E-state index in [2.05, 4.69) is 10.2 Å². The number of nitrogens with zero attached hydrogens (tertiary/aromatic N) is 3. The topological polar surface area (TPSA) is 57.0 Å². The molecule has 2 aromatic rings. The maximum atomic E-state index is 14.5. The molecule has 1 saturated heterocycles. The third-order valence-electron chi connectivity index (χ3n) is 4.91. The van der Waals surface area contributed by atoms with Crippen molar-refractivity contribution in [3.63, 3.8) is 0 Å². The van der Waals surface area contributed by atoms with Crippen molar-refractivity contribution < 1.29 is 14.0 Å². The number of hydrogen-bond donors (Lipinski definition) is 1. The molecule has 30 heavy (non-hydrogen) atoms. The fraction of sp³-hybridized carbons (Fsp3) is 0.238. The molecule has 6 nitrogen and oxygen atoms in total. The first-order valence-corrected chi connectivity index (χ1v) is 9.22. The first-order chi connectivity index (χ1) is 13.6. The van der Waals surface area contributed by atoms with Crippen molar-refractivity contribution in [3.8, 4) is 0 Å². The van der Waals surface area contributed by atoms with Gasteiger partial charge in [0.05, 0.1) is 12.1 Å². The third-order valence-corrected chi connectivity index (χ3v) is 5.27. The highest BCUT2D eigenvalue weighted by atomic mass is 32.1. The molecule has 1 aliphatic heterocycles. The van der Waals surface area contributed by atoms with E-state index in [1.165, 1.54) is 24.1 Å². The lowest BCUT2D eigenvalue weighted by atomic mass is 10.0. The third kappa shape index (κ3) is 3.55. The van der Waals surface area contributed by atoms with E-state index in [-0.39, 0.29) is 25.0 Å². The van der Waals surface area contributed by atoms with Crippen LogP contribution >= 0.6 is 12.2 Å². The van der Waals surface area contributed by atoms with Gasteiger partial charge < -0.3 is 10.2 Å². The van der Waals surface area contributed by atoms with Crippen LogP contribution in [0.5, 0.6) is 0 Å². The molecule has 0 bridgehead atoms. The molecule has 0 aromatic heterocycles. The van der Waals surface area contributed by atoms with Gasteiger partial charge in [0.25, 0.3) is 11.8 Å². The maximum Gasteiger partial charge on any atom is 0.259 e. The van der Waals surface area contributed by atoms with Crippen LogP contribution in [0.25, 0.3) is 4.85 Å². The van der Waals surface area contributed by atoms with Crippen molar-refractivity contribution in [3.05, 3.63) is 64.8 Å². The van der Waals surface area contributed by atoms with Gasteiger partial charge >= 0.3 is 0 Å². The van der Waals surface area contributed by atoms with Crippen LogP contribution in [-0.2, 0) is 4.79 Å². The number of halogens is 1. The summed E-state index contributed by atoms with van der Waals surface area (Å²) in [5.41, 5.74) is 0.982. The molecule has 0 aliphatic carbocycles. The zero-order chi connectivity index (χ0) is 21.5. The molecule has 1 fully saturated rings. The van der Waals surface area contributed by atoms with Crippen LogP contribution in [0.1, 0.15) is 29.8 Å². The van der Waals surface area contributed by atoms with Gasteiger partial charge in [0, 0.05) is 26.8 Å². The molecular weight excluding hydrogens is 402 g/mol. The summed E-state index contributed by atoms with van der Waals surface area (Å²) in [5.74, 6) is -1.51. The second-order valence-electron chi connectivity index (χ2n) is 7.14. The molecule has 3 radical (unpaired) electrons. The average molecular weight is 421 g/mol. The predicted molar refractivity (Wildman–Crippen MR) is 120 cm³/mol. The standard InChI is InChI=1S/C21H19FN4O2S.B/c1-12-10-13(7-9-17(12)23-4)25-19(28)21(2,3)26(20(25)29)14-6-8-15(16(22)11-14)18(27)24-5;/h6-11H,1-3,5H3,(H,24,27);. The summed E-state index contributed by atoms with van der Waals surface area (Å²) in [5, 5.41) is 2.58. The lowest BCUT2D eigenvalue weighted by Crippen LogP contribution is -2.44. The summed E-state index contributed by atoms with van der Waals surface area (Å²) in [6.07, 6.45) is 0. The Kier molecular flexibility index (Phi) is 6.33. The second-order valence-corrected chi connectivity index (χ2v) is 7.51. The molecular formula is C21H19BFN4O2S. The van der Waals surface area contributed by atoms with Gasteiger partial charge in [-0.15, -0.1) is 0 Å². The van der Waals surface area contributed by atoms with E-state index in [1.807, 2.05) is 0 Å². The second kappa shape index (κ2) is 8.24. The van der Waals surface area contributed by atoms with Crippen LogP contribution in [0, 0.1) is 19.3 Å². The Bertz CT molecular complexity index is 1100. The van der Waals surface area contributed by atoms with Crippen LogP contribution in [0.2, 0.25) is 0 Å². The highest BCUT2D eigenvalue weighted by molar-refractivity contribution is 7.81. The number of hydrogen-bond acceptors (Lipinski definition) is 3. The number of benzene rings is 2. The van der Waals surface area contributed by atoms with Gasteiger partial charge in [-0.2, -0.15) is 0 Å². The Balaban J connectivity index is 0.00000320. The lowest BCUT2D eigenvalue weighted by Gasteiger charge is -2.29. The fourth-order valence-electron chi connectivity index (χ4n) is 3.32. The van der Waals surface area contributed by atoms with Crippen LogP contribution in [0.4, 0.5) is 21.5 Å². The summed E-state index contributed by atoms with van der Waals surface area (Å²) in [4.78, 5) is 31.3. The molecule has 2 amide bonds. The quantitative estimate of drug-likeness (QED) is 0.468. The van der Waals surface area contributed by atoms with E-state index in [4.69, 9.17) is 18.8 Å². The molecule has 0 saturated carbocycles. The number of thiocarbonyl (C=S) groups is 1. The Morgan fingerprint density at radius 1 is 1.20 bits per heavy atom. The summed E-state index contributed by atoms with van der Waals surface area (Å²) >= 11 is 5.58. The molecule has 1 N–H and O–H groups in total. The smallest absolute Gasteiger partial charge is 0.259 e. The van der Waals surface area contributed by atoms with E-state index in [1.54, 1.807) is 49.9 Å². The largest absolute Gasteiger partial charge is 0.355 e. The zero-order valence-corrected chi connectivity index (χ0v) is 17.8. The molecule has 1 heterocycles. The number of anilines is 2. The van der Waals surface area contributed by atoms with Crippen molar-refractivity contribution in [2.24, 2.45) is 0 Å². The van der Waals surface area contributed by atoms with E-state index >= 15 is 0 Å². The number of rotatable bonds is 3. The Morgan fingerprint density at radius 2 is 1.83 bits per heavy atom. The minimum Gasteiger partial charge on any atom is -0.355 e. The van der Waals surface area contributed by atoms with Crippen molar-refractivity contribution >= 4 is 54.6 Å². The Hall–Kier alpha value is -3.25. The lowest BCUT2D eigenvalue weighted by molar-refractivity contribution is -0.120. The number of nitrogens with one attached hydrogen (secondary N) is 1. The van der Waals surface area contributed by atoms with E-state index in [9.17, 15) is 14.0 Å². The normalized spacial score (nSPS) is 14.9. The highest BCUT2D eigenvalue weighted by Gasteiger charge is 2.50. The van der Waals surface area contributed by atoms with Crippen molar-refractivity contribution in [1.29, 1.82) is 0 Å². The van der Waals surface area contributed by atoms with Gasteiger partial charge in [-0.3, -0.25) is 14.5 Å². The van der Waals surface area contributed by atoms with E-state index in [0.29, 0.717) is 17.1 Å². The number of carbonyl (C=O) groups is 2.